The molecule has 188 valence electrons. The Labute approximate surface area is 205 Å². The van der Waals surface area contributed by atoms with E-state index in [0.29, 0.717) is 0 Å². The summed E-state index contributed by atoms with van der Waals surface area (Å²) in [6.45, 7) is 6.07. The highest BCUT2D eigenvalue weighted by Crippen LogP contribution is 2.18. The van der Waals surface area contributed by atoms with Crippen LogP contribution in [0.1, 0.15) is 109 Å². The van der Waals surface area contributed by atoms with Crippen LogP contribution in [0.2, 0.25) is 0 Å². The van der Waals surface area contributed by atoms with Gasteiger partial charge in [-0.1, -0.05) is 121 Å². The van der Waals surface area contributed by atoms with E-state index >= 15 is 0 Å². The summed E-state index contributed by atoms with van der Waals surface area (Å²) in [4.78, 5) is 0. The molecule has 0 aromatic heterocycles. The molecule has 0 aliphatic rings. The molecule has 2 N–H and O–H groups in total. The second-order valence-corrected chi connectivity index (χ2v) is 9.55. The Bertz CT molecular complexity index is 491. The Balaban J connectivity index is 0.00000961. The minimum absolute atomic E-state index is 0. The SMILES string of the molecule is CCCCCCCCCCCCCCCCC[N+](CCO)(CCO)Cc1ccccc1.[Cl-]. The van der Waals surface area contributed by atoms with Crippen molar-refractivity contribution in [3.05, 3.63) is 35.9 Å². The molecule has 1 rings (SSSR count). The number of benzene rings is 1. The molecule has 1 aromatic carbocycles. The minimum Gasteiger partial charge on any atom is -1.00 e. The molecular weight excluding hydrogens is 418 g/mol. The molecule has 4 heteroatoms. The van der Waals surface area contributed by atoms with E-state index in [2.05, 4.69) is 31.2 Å². The molecule has 0 atom stereocenters. The molecule has 0 fully saturated rings. The second kappa shape index (κ2) is 22.2. The zero-order valence-electron chi connectivity index (χ0n) is 21.0. The van der Waals surface area contributed by atoms with Crippen molar-refractivity contribution in [1.82, 2.24) is 0 Å². The van der Waals surface area contributed by atoms with Gasteiger partial charge in [0.05, 0.1) is 19.8 Å². The van der Waals surface area contributed by atoms with Crippen molar-refractivity contribution in [2.75, 3.05) is 32.8 Å². The Morgan fingerprint density at radius 3 is 1.38 bits per heavy atom. The number of halogens is 1. The molecule has 0 radical (unpaired) electrons. The van der Waals surface area contributed by atoms with E-state index in [1.165, 1.54) is 102 Å². The lowest BCUT2D eigenvalue weighted by Gasteiger charge is -2.38. The zero-order chi connectivity index (χ0) is 22.5. The van der Waals surface area contributed by atoms with Gasteiger partial charge in [0.2, 0.25) is 0 Å². The van der Waals surface area contributed by atoms with E-state index < -0.39 is 0 Å². The molecule has 0 heterocycles. The van der Waals surface area contributed by atoms with Gasteiger partial charge in [-0.25, -0.2) is 0 Å². The third-order valence-electron chi connectivity index (χ3n) is 6.75. The average Bonchev–Trinajstić information content (AvgIpc) is 2.77. The number of quaternary nitrogens is 1. The van der Waals surface area contributed by atoms with Gasteiger partial charge in [-0.2, -0.15) is 0 Å². The van der Waals surface area contributed by atoms with Crippen LogP contribution >= 0.6 is 0 Å². The molecule has 0 aliphatic heterocycles. The Kier molecular flexibility index (Phi) is 21.8. The van der Waals surface area contributed by atoms with Crippen molar-refractivity contribution in [3.63, 3.8) is 0 Å². The Hall–Kier alpha value is -0.610. The standard InChI is InChI=1S/C28H52NO2.ClH/c1-2-3-4-5-6-7-8-9-10-11-12-13-14-15-19-22-29(23-25-30,24-26-31)27-28-20-17-16-18-21-28;/h16-18,20-21,30-31H,2-15,19,22-27H2,1H3;1H/q+1;/p-1. The summed E-state index contributed by atoms with van der Waals surface area (Å²) in [5, 5.41) is 19.3. The van der Waals surface area contributed by atoms with E-state index in [0.717, 1.165) is 30.7 Å². The fourth-order valence-corrected chi connectivity index (χ4v) is 4.79. The average molecular weight is 470 g/mol. The predicted octanol–water partition coefficient (Wildman–Crippen LogP) is 3.86. The molecule has 3 nitrogen and oxygen atoms in total. The number of hydrogen-bond acceptors (Lipinski definition) is 2. The lowest BCUT2D eigenvalue weighted by molar-refractivity contribution is -0.941. The molecule has 1 aromatic rings. The quantitative estimate of drug-likeness (QED) is 0.200. The lowest BCUT2D eigenvalue weighted by atomic mass is 10.0. The van der Waals surface area contributed by atoms with Crippen molar-refractivity contribution >= 4 is 0 Å². The van der Waals surface area contributed by atoms with Crippen LogP contribution in [0.5, 0.6) is 0 Å². The van der Waals surface area contributed by atoms with Crippen LogP contribution in [0.25, 0.3) is 0 Å². The third kappa shape index (κ3) is 16.1. The van der Waals surface area contributed by atoms with Crippen molar-refractivity contribution in [1.29, 1.82) is 0 Å². The predicted molar refractivity (Wildman–Crippen MR) is 134 cm³/mol. The van der Waals surface area contributed by atoms with Gasteiger partial charge in [-0.05, 0) is 12.8 Å². The largest absolute Gasteiger partial charge is 1.00 e. The van der Waals surface area contributed by atoms with Gasteiger partial charge in [0.15, 0.2) is 0 Å². The molecule has 0 aliphatic carbocycles. The Morgan fingerprint density at radius 1 is 0.562 bits per heavy atom. The topological polar surface area (TPSA) is 40.5 Å². The fraction of sp³-hybridized carbons (Fsp3) is 0.786. The van der Waals surface area contributed by atoms with Crippen molar-refractivity contribution in [2.24, 2.45) is 0 Å². The first kappa shape index (κ1) is 31.4. The maximum absolute atomic E-state index is 9.63. The molecule has 0 saturated carbocycles. The number of rotatable bonds is 22. The van der Waals surface area contributed by atoms with Crippen LogP contribution < -0.4 is 12.4 Å². The highest BCUT2D eigenvalue weighted by molar-refractivity contribution is 5.13. The highest BCUT2D eigenvalue weighted by Gasteiger charge is 2.26. The van der Waals surface area contributed by atoms with Crippen LogP contribution in [0, 0.1) is 0 Å². The van der Waals surface area contributed by atoms with Crippen LogP contribution in [-0.2, 0) is 6.54 Å². The van der Waals surface area contributed by atoms with Gasteiger partial charge in [-0.15, -0.1) is 0 Å². The monoisotopic (exact) mass is 469 g/mol. The van der Waals surface area contributed by atoms with Gasteiger partial charge in [0.25, 0.3) is 0 Å². The first-order valence-corrected chi connectivity index (χ1v) is 13.4. The van der Waals surface area contributed by atoms with Gasteiger partial charge in [0.1, 0.15) is 19.6 Å². The summed E-state index contributed by atoms with van der Waals surface area (Å²) < 4.78 is 0.801. The van der Waals surface area contributed by atoms with E-state index in [4.69, 9.17) is 0 Å². The first-order valence-electron chi connectivity index (χ1n) is 13.4. The van der Waals surface area contributed by atoms with Crippen molar-refractivity contribution < 1.29 is 27.1 Å². The highest BCUT2D eigenvalue weighted by atomic mass is 35.5. The first-order chi connectivity index (χ1) is 15.3. The lowest BCUT2D eigenvalue weighted by Crippen LogP contribution is -3.00. The third-order valence-corrected chi connectivity index (χ3v) is 6.75. The smallest absolute Gasteiger partial charge is 0.104 e. The van der Waals surface area contributed by atoms with Crippen LogP contribution in [0.4, 0.5) is 0 Å². The number of aliphatic hydroxyl groups excluding tert-OH is 2. The summed E-state index contributed by atoms with van der Waals surface area (Å²) in [5.41, 5.74) is 1.30. The molecule has 32 heavy (non-hydrogen) atoms. The number of nitrogens with zero attached hydrogens (tertiary/aromatic N) is 1. The van der Waals surface area contributed by atoms with E-state index in [1.54, 1.807) is 0 Å². The normalized spacial score (nSPS) is 11.5. The van der Waals surface area contributed by atoms with E-state index in [-0.39, 0.29) is 25.6 Å². The van der Waals surface area contributed by atoms with Crippen LogP contribution in [0.3, 0.4) is 0 Å². The van der Waals surface area contributed by atoms with Crippen molar-refractivity contribution in [2.45, 2.75) is 110 Å². The summed E-state index contributed by atoms with van der Waals surface area (Å²) >= 11 is 0. The molecule has 0 bridgehead atoms. The summed E-state index contributed by atoms with van der Waals surface area (Å²) in [6, 6.07) is 10.5. The summed E-state index contributed by atoms with van der Waals surface area (Å²) in [7, 11) is 0. The number of aliphatic hydroxyl groups is 2. The van der Waals surface area contributed by atoms with E-state index in [1.807, 2.05) is 6.07 Å². The van der Waals surface area contributed by atoms with Gasteiger partial charge < -0.3 is 27.1 Å². The van der Waals surface area contributed by atoms with E-state index in [9.17, 15) is 10.2 Å². The summed E-state index contributed by atoms with van der Waals surface area (Å²) in [5.74, 6) is 0. The second-order valence-electron chi connectivity index (χ2n) is 9.55. The number of hydrogen-bond donors (Lipinski definition) is 2. The molecule has 0 amide bonds. The van der Waals surface area contributed by atoms with Gasteiger partial charge >= 0.3 is 0 Å². The van der Waals surface area contributed by atoms with Crippen LogP contribution in [-0.4, -0.2) is 47.5 Å². The Morgan fingerprint density at radius 2 is 0.969 bits per heavy atom. The maximum atomic E-state index is 9.63. The summed E-state index contributed by atoms with van der Waals surface area (Å²) in [6.07, 6.45) is 20.7. The van der Waals surface area contributed by atoms with Crippen molar-refractivity contribution in [3.8, 4) is 0 Å². The maximum Gasteiger partial charge on any atom is 0.104 e. The fourth-order valence-electron chi connectivity index (χ4n) is 4.79. The molecule has 0 spiro atoms. The molecule has 0 unspecified atom stereocenters. The van der Waals surface area contributed by atoms with Crippen LogP contribution in [0.15, 0.2) is 30.3 Å². The zero-order valence-corrected chi connectivity index (χ0v) is 21.7. The van der Waals surface area contributed by atoms with Gasteiger partial charge in [-0.3, -0.25) is 0 Å². The number of unbranched alkanes of at least 4 members (excludes halogenated alkanes) is 14. The molecular formula is C28H52ClNO2. The minimum atomic E-state index is 0. The van der Waals surface area contributed by atoms with Gasteiger partial charge in [0, 0.05) is 5.56 Å². The molecule has 0 saturated heterocycles.